The fraction of sp³-hybridized carbons (Fsp3) is 0.467. The molecule has 0 saturated heterocycles. The summed E-state index contributed by atoms with van der Waals surface area (Å²) in [5.41, 5.74) is 1.80. The topological polar surface area (TPSA) is 106 Å². The molecule has 0 fully saturated rings. The number of halogens is 1. The van der Waals surface area contributed by atoms with Crippen LogP contribution < -0.4 is 14.8 Å². The van der Waals surface area contributed by atoms with E-state index >= 15 is 0 Å². The van der Waals surface area contributed by atoms with Crippen LogP contribution in [0.15, 0.2) is 41.4 Å². The minimum Gasteiger partial charge on any atom is -0.494 e. The van der Waals surface area contributed by atoms with Gasteiger partial charge in [-0.1, -0.05) is 32.8 Å². The summed E-state index contributed by atoms with van der Waals surface area (Å²) in [5.74, 6) is -0.191. The smallest absolute Gasteiger partial charge is 0.240 e. The molecule has 0 aliphatic heterocycles. The van der Waals surface area contributed by atoms with Crippen molar-refractivity contribution in [3.63, 3.8) is 0 Å². The fourth-order valence-electron chi connectivity index (χ4n) is 4.98. The number of anilines is 1. The van der Waals surface area contributed by atoms with Crippen LogP contribution in [0, 0.1) is 6.92 Å². The summed E-state index contributed by atoms with van der Waals surface area (Å²) in [5, 5.41) is 2.19. The van der Waals surface area contributed by atoms with Gasteiger partial charge in [0, 0.05) is 23.9 Å². The first-order valence-electron chi connectivity index (χ1n) is 13.9. The zero-order valence-corrected chi connectivity index (χ0v) is 26.0. The van der Waals surface area contributed by atoms with Crippen LogP contribution >= 0.6 is 11.6 Å². The Hall–Kier alpha value is -3.08. The zero-order valence-electron chi connectivity index (χ0n) is 24.5. The highest BCUT2D eigenvalue weighted by Crippen LogP contribution is 2.39. The van der Waals surface area contributed by atoms with E-state index in [1.54, 1.807) is 23.6 Å². The second-order valence-electron chi connectivity index (χ2n) is 9.89. The molecule has 1 N–H and O–H groups in total. The Morgan fingerprint density at radius 2 is 1.63 bits per heavy atom. The normalized spacial score (nSPS) is 11.7. The van der Waals surface area contributed by atoms with E-state index in [2.05, 4.69) is 24.1 Å². The summed E-state index contributed by atoms with van der Waals surface area (Å²) in [6.45, 7) is 7.64. The van der Waals surface area contributed by atoms with Crippen LogP contribution in [-0.4, -0.2) is 74.9 Å². The van der Waals surface area contributed by atoms with Gasteiger partial charge in [0.25, 0.3) is 0 Å². The largest absolute Gasteiger partial charge is 0.494 e. The molecule has 41 heavy (non-hydrogen) atoms. The number of fused-ring (bicyclic) bond motifs is 1. The molecule has 0 spiro atoms. The number of rotatable bonds is 17. The van der Waals surface area contributed by atoms with E-state index in [4.69, 9.17) is 21.1 Å². The van der Waals surface area contributed by atoms with Crippen molar-refractivity contribution in [1.82, 2.24) is 9.30 Å². The second kappa shape index (κ2) is 14.7. The van der Waals surface area contributed by atoms with Gasteiger partial charge in [0.2, 0.25) is 11.0 Å². The van der Waals surface area contributed by atoms with Crippen LogP contribution in [0.5, 0.6) is 11.5 Å². The molecule has 0 bridgehead atoms. The molecule has 2 aromatic heterocycles. The van der Waals surface area contributed by atoms with E-state index in [0.29, 0.717) is 29.1 Å². The van der Waals surface area contributed by atoms with Crippen LogP contribution in [0.1, 0.15) is 61.1 Å². The number of hydrogen-bond donors (Lipinski definition) is 1. The van der Waals surface area contributed by atoms with Crippen LogP contribution in [-0.2, 0) is 14.6 Å². The van der Waals surface area contributed by atoms with Gasteiger partial charge in [-0.05, 0) is 68.7 Å². The summed E-state index contributed by atoms with van der Waals surface area (Å²) >= 11 is 5.54. The molecule has 3 aromatic rings. The van der Waals surface area contributed by atoms with Crippen molar-refractivity contribution in [1.29, 1.82) is 0 Å². The molecule has 0 radical (unpaired) electrons. The summed E-state index contributed by atoms with van der Waals surface area (Å²) in [4.78, 5) is 27.7. The van der Waals surface area contributed by atoms with Crippen LogP contribution in [0.3, 0.4) is 0 Å². The lowest BCUT2D eigenvalue weighted by Crippen LogP contribution is -2.32. The van der Waals surface area contributed by atoms with Gasteiger partial charge in [-0.3, -0.25) is 9.59 Å². The molecule has 0 saturated carbocycles. The van der Waals surface area contributed by atoms with Crippen LogP contribution in [0.2, 0.25) is 0 Å². The number of hydrogen-bond acceptors (Lipinski definition) is 8. The minimum absolute atomic E-state index is 0.0210. The lowest BCUT2D eigenvalue weighted by Gasteiger charge is -2.23. The number of methoxy groups -OCH3 is 2. The molecule has 0 unspecified atom stereocenters. The molecule has 0 aliphatic carbocycles. The van der Waals surface area contributed by atoms with E-state index < -0.39 is 20.9 Å². The Bertz CT molecular complexity index is 1480. The molecule has 3 rings (SSSR count). The van der Waals surface area contributed by atoms with E-state index in [0.717, 1.165) is 38.8 Å². The van der Waals surface area contributed by atoms with Crippen molar-refractivity contribution in [2.45, 2.75) is 51.3 Å². The second-order valence-corrected chi connectivity index (χ2v) is 12.4. The number of ether oxygens (including phenoxy) is 2. The van der Waals surface area contributed by atoms with E-state index in [9.17, 15) is 18.0 Å². The van der Waals surface area contributed by atoms with Crippen molar-refractivity contribution >= 4 is 43.7 Å². The number of sulfone groups is 1. The maximum atomic E-state index is 14.2. The number of unbranched alkanes of at least 4 members (excludes halogenated alkanes) is 2. The third-order valence-electron chi connectivity index (χ3n) is 7.07. The predicted molar refractivity (Wildman–Crippen MR) is 163 cm³/mol. The van der Waals surface area contributed by atoms with Crippen LogP contribution in [0.4, 0.5) is 5.69 Å². The van der Waals surface area contributed by atoms with Gasteiger partial charge in [-0.25, -0.2) is 8.42 Å². The van der Waals surface area contributed by atoms with Gasteiger partial charge in [0.05, 0.1) is 37.7 Å². The lowest BCUT2D eigenvalue weighted by atomic mass is 10.0. The number of carbonyl (C=O) groups excluding carboxylic acids is 2. The van der Waals surface area contributed by atoms with Crippen molar-refractivity contribution in [3.8, 4) is 11.5 Å². The average Bonchev–Trinajstić information content (AvgIpc) is 3.25. The van der Waals surface area contributed by atoms with Crippen molar-refractivity contribution in [2.75, 3.05) is 51.5 Å². The average molecular weight is 606 g/mol. The van der Waals surface area contributed by atoms with Gasteiger partial charge in [-0.15, -0.1) is 0 Å². The first-order chi connectivity index (χ1) is 19.6. The van der Waals surface area contributed by atoms with Crippen molar-refractivity contribution in [2.24, 2.45) is 0 Å². The number of carbonyl (C=O) groups is 2. The zero-order chi connectivity index (χ0) is 30.2. The Morgan fingerprint density at radius 1 is 0.976 bits per heavy atom. The van der Waals surface area contributed by atoms with Gasteiger partial charge >= 0.3 is 0 Å². The SMILES string of the molecule is CCCCN(CCCC)CCS(=O)(=O)c1c(C(=O)c2c(C)c(OC)c3ccccn23)ccc(NCC(=O)Cl)c1OC. The first-order valence-corrected chi connectivity index (χ1v) is 15.9. The number of benzene rings is 1. The molecule has 0 atom stereocenters. The van der Waals surface area contributed by atoms with Gasteiger partial charge in [0.15, 0.2) is 15.6 Å². The summed E-state index contributed by atoms with van der Waals surface area (Å²) < 4.78 is 41.1. The number of nitrogens with zero attached hydrogens (tertiary/aromatic N) is 2. The molecule has 9 nitrogen and oxygen atoms in total. The van der Waals surface area contributed by atoms with E-state index in [1.807, 2.05) is 12.1 Å². The lowest BCUT2D eigenvalue weighted by molar-refractivity contribution is -0.110. The Labute approximate surface area is 247 Å². The third kappa shape index (κ3) is 7.42. The highest BCUT2D eigenvalue weighted by molar-refractivity contribution is 7.91. The molecule has 224 valence electrons. The molecule has 11 heteroatoms. The van der Waals surface area contributed by atoms with Gasteiger partial charge in [-0.2, -0.15) is 0 Å². The highest BCUT2D eigenvalue weighted by atomic mass is 35.5. The third-order valence-corrected chi connectivity index (χ3v) is 8.95. The summed E-state index contributed by atoms with van der Waals surface area (Å²) in [6, 6.07) is 8.45. The number of aromatic nitrogens is 1. The van der Waals surface area contributed by atoms with Crippen LogP contribution in [0.25, 0.3) is 5.52 Å². The standard InChI is InChI=1S/C30H40ClN3O6S/c1-6-8-15-33(16-9-7-2)18-19-41(37,38)30-22(13-14-23(29(30)40-5)32-20-25(31)35)27(36)26-21(3)28(39-4)24-12-10-11-17-34(24)26/h10-14,17,32H,6-9,15-16,18-20H2,1-5H3. The maximum absolute atomic E-state index is 14.2. The highest BCUT2D eigenvalue weighted by Gasteiger charge is 2.32. The summed E-state index contributed by atoms with van der Waals surface area (Å²) in [6.07, 6.45) is 5.67. The predicted octanol–water partition coefficient (Wildman–Crippen LogP) is 5.35. The summed E-state index contributed by atoms with van der Waals surface area (Å²) in [7, 11) is -1.17. The van der Waals surface area contributed by atoms with E-state index in [1.165, 1.54) is 26.4 Å². The molecular formula is C30H40ClN3O6S. The molecule has 1 aromatic carbocycles. The Morgan fingerprint density at radius 3 is 2.22 bits per heavy atom. The van der Waals surface area contributed by atoms with E-state index in [-0.39, 0.29) is 34.2 Å². The molecular weight excluding hydrogens is 566 g/mol. The molecule has 0 aliphatic rings. The van der Waals surface area contributed by atoms with Gasteiger partial charge < -0.3 is 24.1 Å². The van der Waals surface area contributed by atoms with Crippen molar-refractivity contribution in [3.05, 3.63) is 53.3 Å². The first kappa shape index (κ1) is 32.4. The minimum atomic E-state index is -4.04. The number of pyridine rings is 1. The quantitative estimate of drug-likeness (QED) is 0.162. The Kier molecular flexibility index (Phi) is 11.6. The molecule has 2 heterocycles. The molecule has 0 amide bonds. The number of ketones is 1. The fourth-order valence-corrected chi connectivity index (χ4v) is 6.72. The monoisotopic (exact) mass is 605 g/mol. The maximum Gasteiger partial charge on any atom is 0.240 e. The van der Waals surface area contributed by atoms with Gasteiger partial charge in [0.1, 0.15) is 16.3 Å². The van der Waals surface area contributed by atoms with Crippen molar-refractivity contribution < 1.29 is 27.5 Å². The number of nitrogens with one attached hydrogen (secondary N) is 1. The Balaban J connectivity index is 2.17.